The molecule has 7 heteroatoms. The number of phenolic OH excluding ortho intramolecular Hbond substituents is 3. The molecular formula is C39H31BiN3O3. The van der Waals surface area contributed by atoms with E-state index in [1.807, 2.05) is 54.6 Å². The van der Waals surface area contributed by atoms with Gasteiger partial charge in [0.25, 0.3) is 0 Å². The number of hydrogen-bond donors (Lipinski definition) is 3. The summed E-state index contributed by atoms with van der Waals surface area (Å²) in [6, 6.07) is 49.0. The van der Waals surface area contributed by atoms with E-state index in [9.17, 15) is 15.3 Å². The fourth-order valence-corrected chi connectivity index (χ4v) is 8.07. The number of hydrogen-bond acceptors (Lipinski definition) is 6. The summed E-state index contributed by atoms with van der Waals surface area (Å²) in [6.45, 7) is 0. The molecule has 0 atom stereocenters. The Morgan fingerprint density at radius 3 is 0.935 bits per heavy atom. The molecule has 0 amide bonds. The second-order valence-corrected chi connectivity index (χ2v) is 14.7. The normalized spacial score (nSPS) is 10.1. The van der Waals surface area contributed by atoms with E-state index in [0.717, 1.165) is 16.2 Å². The predicted molar refractivity (Wildman–Crippen MR) is 188 cm³/mol. The molecule has 0 fully saturated rings. The zero-order chi connectivity index (χ0) is 32.0. The van der Waals surface area contributed by atoms with Crippen LogP contribution < -0.4 is 6.54 Å². The first kappa shape index (κ1) is 32.0. The maximum absolute atomic E-state index is 9.31. The van der Waals surface area contributed by atoms with Gasteiger partial charge in [-0.3, -0.25) is 15.0 Å². The molecule has 0 spiro atoms. The van der Waals surface area contributed by atoms with E-state index >= 15 is 0 Å². The van der Waals surface area contributed by atoms with Crippen LogP contribution in [0.2, 0.25) is 0 Å². The van der Waals surface area contributed by atoms with Crippen LogP contribution in [0.25, 0.3) is 32.7 Å². The van der Waals surface area contributed by atoms with E-state index in [2.05, 4.69) is 75.6 Å². The molecule has 3 aromatic heterocycles. The SMILES string of the molecule is Oc1cccc2cccnc12.Oc1cccc2cccnc12.Oc1cccc2cccnc12.c1cc[c]([Bi][c]2ccccc2)cc1. The van der Waals surface area contributed by atoms with Crippen molar-refractivity contribution < 1.29 is 15.3 Å². The van der Waals surface area contributed by atoms with Gasteiger partial charge in [0.1, 0.15) is 33.8 Å². The molecule has 0 unspecified atom stereocenters. The quantitative estimate of drug-likeness (QED) is 0.161. The Hall–Kier alpha value is -5.39. The van der Waals surface area contributed by atoms with Crippen molar-refractivity contribution in [2.75, 3.05) is 0 Å². The van der Waals surface area contributed by atoms with Gasteiger partial charge < -0.3 is 15.3 Å². The van der Waals surface area contributed by atoms with Crippen molar-refractivity contribution in [2.45, 2.75) is 0 Å². The van der Waals surface area contributed by atoms with Crippen molar-refractivity contribution in [1.82, 2.24) is 15.0 Å². The van der Waals surface area contributed by atoms with Crippen molar-refractivity contribution in [2.24, 2.45) is 0 Å². The number of fused-ring (bicyclic) bond motifs is 3. The van der Waals surface area contributed by atoms with E-state index in [-0.39, 0.29) is 17.2 Å². The summed E-state index contributed by atoms with van der Waals surface area (Å²) < 4.78 is 3.10. The van der Waals surface area contributed by atoms with Gasteiger partial charge in [-0.25, -0.2) is 0 Å². The summed E-state index contributed by atoms with van der Waals surface area (Å²) in [5.41, 5.74) is 1.99. The Labute approximate surface area is 278 Å². The predicted octanol–water partition coefficient (Wildman–Crippen LogP) is 7.16. The van der Waals surface area contributed by atoms with E-state index < -0.39 is 23.2 Å². The third-order valence-corrected chi connectivity index (χ3v) is 10.9. The Morgan fingerprint density at radius 1 is 0.326 bits per heavy atom. The van der Waals surface area contributed by atoms with Crippen molar-refractivity contribution in [3.63, 3.8) is 0 Å². The minimum atomic E-state index is -0.613. The van der Waals surface area contributed by atoms with Gasteiger partial charge in [-0.05, 0) is 36.4 Å². The molecule has 46 heavy (non-hydrogen) atoms. The number of aromatic nitrogens is 3. The summed E-state index contributed by atoms with van der Waals surface area (Å²) in [5, 5.41) is 30.8. The van der Waals surface area contributed by atoms with E-state index in [1.54, 1.807) is 61.5 Å². The Bertz CT molecular complexity index is 1890. The molecule has 3 N–H and O–H groups in total. The van der Waals surface area contributed by atoms with Crippen molar-refractivity contribution >= 4 is 62.5 Å². The van der Waals surface area contributed by atoms with Crippen molar-refractivity contribution in [1.29, 1.82) is 0 Å². The first-order chi connectivity index (χ1) is 22.6. The summed E-state index contributed by atoms with van der Waals surface area (Å²) in [4.78, 5) is 12.1. The molecule has 0 aliphatic heterocycles. The summed E-state index contributed by atoms with van der Waals surface area (Å²) >= 11 is -0.613. The second kappa shape index (κ2) is 16.6. The second-order valence-electron chi connectivity index (χ2n) is 9.84. The van der Waals surface area contributed by atoms with Crippen LogP contribution in [0.15, 0.2) is 170 Å². The van der Waals surface area contributed by atoms with Crippen LogP contribution in [0, 0.1) is 0 Å². The number of nitrogens with zero attached hydrogens (tertiary/aromatic N) is 3. The Morgan fingerprint density at radius 2 is 0.630 bits per heavy atom. The molecule has 0 bridgehead atoms. The van der Waals surface area contributed by atoms with Crippen LogP contribution in [0.3, 0.4) is 0 Å². The summed E-state index contributed by atoms with van der Waals surface area (Å²) in [5.74, 6) is 0.717. The van der Waals surface area contributed by atoms with Gasteiger partial charge in [-0.1, -0.05) is 54.6 Å². The van der Waals surface area contributed by atoms with Gasteiger partial charge in [-0.2, -0.15) is 0 Å². The molecule has 1 radical (unpaired) electrons. The average molecular weight is 799 g/mol. The molecule has 5 aromatic carbocycles. The van der Waals surface area contributed by atoms with Crippen LogP contribution in [0.1, 0.15) is 0 Å². The zero-order valence-electron chi connectivity index (χ0n) is 24.8. The third kappa shape index (κ3) is 9.07. The molecular weight excluding hydrogens is 767 g/mol. The molecule has 8 aromatic rings. The van der Waals surface area contributed by atoms with Gasteiger partial charge in [0.2, 0.25) is 0 Å². The fraction of sp³-hybridized carbons (Fsp3) is 0. The van der Waals surface area contributed by atoms with Crippen LogP contribution >= 0.6 is 0 Å². The molecule has 0 aliphatic rings. The standard InChI is InChI=1S/3C9H7NO.2C6H5.Bi/c3*11-8-5-1-3-7-4-2-6-10-9(7)8;2*1-2-4-6-5-3-1;/h3*1-6,11H;2*1-5H;. The van der Waals surface area contributed by atoms with Gasteiger partial charge in [-0.15, -0.1) is 0 Å². The fourth-order valence-electron chi connectivity index (χ4n) is 4.42. The van der Waals surface area contributed by atoms with E-state index in [1.165, 1.54) is 0 Å². The van der Waals surface area contributed by atoms with Crippen LogP contribution in [0.5, 0.6) is 17.2 Å². The van der Waals surface area contributed by atoms with Crippen molar-refractivity contribution in [3.05, 3.63) is 170 Å². The first-order valence-electron chi connectivity index (χ1n) is 14.5. The first-order valence-corrected chi connectivity index (χ1v) is 18.0. The van der Waals surface area contributed by atoms with Crippen molar-refractivity contribution in [3.8, 4) is 17.2 Å². The molecule has 3 heterocycles. The van der Waals surface area contributed by atoms with Crippen LogP contribution in [-0.2, 0) is 0 Å². The van der Waals surface area contributed by atoms with Crippen LogP contribution in [0.4, 0.5) is 0 Å². The number of para-hydroxylation sites is 3. The molecule has 0 saturated carbocycles. The van der Waals surface area contributed by atoms with Gasteiger partial charge in [0, 0.05) is 34.7 Å². The number of pyridine rings is 3. The monoisotopic (exact) mass is 798 g/mol. The Balaban J connectivity index is 0.000000121. The minimum absolute atomic E-state index is 0.239. The average Bonchev–Trinajstić information content (AvgIpc) is 3.11. The molecule has 0 saturated heterocycles. The Kier molecular flexibility index (Phi) is 11.6. The number of phenols is 3. The summed E-state index contributed by atoms with van der Waals surface area (Å²) in [7, 11) is 0. The maximum atomic E-state index is 9.31. The zero-order valence-corrected chi connectivity index (χ0v) is 28.3. The van der Waals surface area contributed by atoms with E-state index in [0.29, 0.717) is 16.6 Å². The number of benzene rings is 5. The number of aromatic hydroxyl groups is 3. The molecule has 225 valence electrons. The third-order valence-electron chi connectivity index (χ3n) is 6.60. The van der Waals surface area contributed by atoms with Gasteiger partial charge in [0.05, 0.1) is 0 Å². The molecule has 0 aliphatic carbocycles. The molecule has 6 nitrogen and oxygen atoms in total. The topological polar surface area (TPSA) is 99.4 Å². The molecule has 8 rings (SSSR count). The summed E-state index contributed by atoms with van der Waals surface area (Å²) in [6.07, 6.45) is 5.01. The van der Waals surface area contributed by atoms with E-state index in [4.69, 9.17) is 0 Å². The number of rotatable bonds is 2. The van der Waals surface area contributed by atoms with Crippen LogP contribution in [-0.4, -0.2) is 53.5 Å². The van der Waals surface area contributed by atoms with Gasteiger partial charge in [0.15, 0.2) is 0 Å². The van der Waals surface area contributed by atoms with Gasteiger partial charge >= 0.3 is 90.4 Å².